The monoisotopic (exact) mass is 339 g/mol. The van der Waals surface area contributed by atoms with Crippen molar-refractivity contribution in [1.82, 2.24) is 4.31 Å². The average Bonchev–Trinajstić information content (AvgIpc) is 2.68. The molecule has 1 saturated heterocycles. The van der Waals surface area contributed by atoms with Crippen LogP contribution in [-0.2, 0) is 14.8 Å². The minimum Gasteiger partial charge on any atom is -0.481 e. The molecule has 5 nitrogen and oxygen atoms in total. The third kappa shape index (κ3) is 2.95. The molecule has 1 aliphatic heterocycles. The van der Waals surface area contributed by atoms with Gasteiger partial charge in [-0.3, -0.25) is 4.79 Å². The van der Waals surface area contributed by atoms with Crippen molar-refractivity contribution in [2.45, 2.75) is 30.4 Å². The van der Waals surface area contributed by atoms with Crippen LogP contribution >= 0.6 is 11.3 Å². The zero-order valence-electron chi connectivity index (χ0n) is 11.5. The maximum Gasteiger partial charge on any atom is 0.312 e. The highest BCUT2D eigenvalue weighted by molar-refractivity contribution is 7.91. The van der Waals surface area contributed by atoms with Gasteiger partial charge in [0, 0.05) is 11.4 Å². The van der Waals surface area contributed by atoms with E-state index < -0.39 is 40.8 Å². The number of carbonyl (C=O) groups is 1. The first-order valence-electron chi connectivity index (χ1n) is 6.23. The number of carboxylic acids is 1. The molecule has 1 aliphatic rings. The van der Waals surface area contributed by atoms with Gasteiger partial charge in [-0.05, 0) is 31.9 Å². The minimum absolute atomic E-state index is 0.0158. The summed E-state index contributed by atoms with van der Waals surface area (Å²) in [4.78, 5) is 11.6. The Morgan fingerprint density at radius 1 is 1.48 bits per heavy atom. The lowest BCUT2D eigenvalue weighted by Crippen LogP contribution is -2.52. The van der Waals surface area contributed by atoms with Crippen LogP contribution in [0.4, 0.5) is 8.78 Å². The molecule has 0 radical (unpaired) electrons. The van der Waals surface area contributed by atoms with Gasteiger partial charge in [0.15, 0.2) is 0 Å². The summed E-state index contributed by atoms with van der Waals surface area (Å²) in [5, 5.41) is 8.77. The maximum absolute atomic E-state index is 13.8. The van der Waals surface area contributed by atoms with Crippen molar-refractivity contribution in [1.29, 1.82) is 0 Å². The summed E-state index contributed by atoms with van der Waals surface area (Å²) in [5.74, 6) is -7.01. The van der Waals surface area contributed by atoms with Gasteiger partial charge in [-0.25, -0.2) is 17.2 Å². The van der Waals surface area contributed by atoms with Gasteiger partial charge < -0.3 is 5.11 Å². The number of piperidine rings is 1. The Morgan fingerprint density at radius 2 is 2.10 bits per heavy atom. The number of nitrogens with zero attached hydrogens (tertiary/aromatic N) is 1. The fourth-order valence-corrected chi connectivity index (χ4v) is 5.35. The van der Waals surface area contributed by atoms with E-state index in [0.717, 1.165) is 21.8 Å². The van der Waals surface area contributed by atoms with E-state index >= 15 is 0 Å². The molecule has 1 atom stereocenters. The number of carboxylic acid groups (broad SMARTS) is 1. The van der Waals surface area contributed by atoms with E-state index in [1.165, 1.54) is 6.07 Å². The highest BCUT2D eigenvalue weighted by Crippen LogP contribution is 2.37. The second-order valence-corrected chi connectivity index (χ2v) is 8.50. The molecular formula is C12H15F2NO4S2. The van der Waals surface area contributed by atoms with Crippen LogP contribution in [0.15, 0.2) is 10.3 Å². The number of hydrogen-bond acceptors (Lipinski definition) is 4. The lowest BCUT2D eigenvalue weighted by Gasteiger charge is -2.35. The number of alkyl halides is 2. The Balaban J connectivity index is 2.29. The lowest BCUT2D eigenvalue weighted by atomic mass is 9.94. The zero-order chi connectivity index (χ0) is 16.0. The van der Waals surface area contributed by atoms with E-state index in [4.69, 9.17) is 5.11 Å². The quantitative estimate of drug-likeness (QED) is 0.915. The summed E-state index contributed by atoms with van der Waals surface area (Å²) in [6.45, 7) is 2.19. The van der Waals surface area contributed by atoms with Crippen LogP contribution in [0.3, 0.4) is 0 Å². The smallest absolute Gasteiger partial charge is 0.312 e. The molecule has 0 amide bonds. The fraction of sp³-hybridized carbons (Fsp3) is 0.583. The predicted molar refractivity (Wildman–Crippen MR) is 73.2 cm³/mol. The van der Waals surface area contributed by atoms with E-state index in [1.807, 2.05) is 0 Å². The van der Waals surface area contributed by atoms with Crippen molar-refractivity contribution in [3.05, 3.63) is 16.5 Å². The second kappa shape index (κ2) is 5.29. The molecule has 2 rings (SSSR count). The SMILES string of the molecule is Cc1cc(S(=O)(=O)N2CCC(C(=O)O)C(F)(F)C2)sc1C. The number of aliphatic carboxylic acids is 1. The first-order chi connectivity index (χ1) is 9.55. The van der Waals surface area contributed by atoms with E-state index in [0.29, 0.717) is 4.31 Å². The Morgan fingerprint density at radius 3 is 2.52 bits per heavy atom. The zero-order valence-corrected chi connectivity index (χ0v) is 13.1. The maximum atomic E-state index is 13.8. The van der Waals surface area contributed by atoms with E-state index in [-0.39, 0.29) is 10.8 Å². The standard InChI is InChI=1S/C12H15F2NO4S2/c1-7-5-10(20-8(7)2)21(18,19)15-4-3-9(11(16)17)12(13,14)6-15/h5,9H,3-4,6H2,1-2H3,(H,16,17). The molecule has 2 heterocycles. The Bertz CT molecular complexity index is 649. The molecule has 1 aromatic rings. The van der Waals surface area contributed by atoms with Crippen molar-refractivity contribution in [2.75, 3.05) is 13.1 Å². The Kier molecular flexibility index (Phi) is 4.11. The topological polar surface area (TPSA) is 74.7 Å². The Labute approximate surface area is 125 Å². The first-order valence-corrected chi connectivity index (χ1v) is 8.49. The molecule has 0 aromatic carbocycles. The van der Waals surface area contributed by atoms with Gasteiger partial charge in [-0.15, -0.1) is 11.3 Å². The molecule has 1 aromatic heterocycles. The van der Waals surface area contributed by atoms with Crippen LogP contribution < -0.4 is 0 Å². The molecular weight excluding hydrogens is 324 g/mol. The van der Waals surface area contributed by atoms with Crippen LogP contribution in [0, 0.1) is 19.8 Å². The van der Waals surface area contributed by atoms with Crippen molar-refractivity contribution >= 4 is 27.3 Å². The molecule has 1 N–H and O–H groups in total. The van der Waals surface area contributed by atoms with Gasteiger partial charge in [0.1, 0.15) is 10.1 Å². The highest BCUT2D eigenvalue weighted by Gasteiger charge is 2.51. The van der Waals surface area contributed by atoms with Gasteiger partial charge in [0.2, 0.25) is 0 Å². The summed E-state index contributed by atoms with van der Waals surface area (Å²) in [7, 11) is -4.00. The minimum atomic E-state index is -4.00. The van der Waals surface area contributed by atoms with Gasteiger partial charge >= 0.3 is 5.97 Å². The third-order valence-electron chi connectivity index (χ3n) is 3.60. The van der Waals surface area contributed by atoms with Gasteiger partial charge in [-0.1, -0.05) is 0 Å². The Hall–Kier alpha value is -1.06. The lowest BCUT2D eigenvalue weighted by molar-refractivity contribution is -0.163. The molecule has 0 bridgehead atoms. The predicted octanol–water partition coefficient (Wildman–Crippen LogP) is 2.10. The molecule has 1 fully saturated rings. The van der Waals surface area contributed by atoms with Crippen LogP contribution in [-0.4, -0.2) is 42.8 Å². The molecule has 118 valence electrons. The molecule has 21 heavy (non-hydrogen) atoms. The number of aryl methyl sites for hydroxylation is 2. The summed E-state index contributed by atoms with van der Waals surface area (Å²) < 4.78 is 53.1. The van der Waals surface area contributed by atoms with E-state index in [2.05, 4.69) is 0 Å². The molecule has 0 aliphatic carbocycles. The number of rotatable bonds is 3. The van der Waals surface area contributed by atoms with Crippen molar-refractivity contribution in [2.24, 2.45) is 5.92 Å². The number of hydrogen-bond donors (Lipinski definition) is 1. The summed E-state index contributed by atoms with van der Waals surface area (Å²) in [5.41, 5.74) is 0.783. The molecule has 0 saturated carbocycles. The average molecular weight is 339 g/mol. The normalized spacial score (nSPS) is 23.1. The first kappa shape index (κ1) is 16.3. The van der Waals surface area contributed by atoms with Crippen molar-refractivity contribution in [3.8, 4) is 0 Å². The molecule has 0 spiro atoms. The number of sulfonamides is 1. The largest absolute Gasteiger partial charge is 0.481 e. The number of halogens is 2. The van der Waals surface area contributed by atoms with Gasteiger partial charge in [0.05, 0.1) is 6.54 Å². The summed E-state index contributed by atoms with van der Waals surface area (Å²) in [6, 6.07) is 1.46. The molecule has 1 unspecified atom stereocenters. The van der Waals surface area contributed by atoms with Crippen LogP contribution in [0.25, 0.3) is 0 Å². The summed E-state index contributed by atoms with van der Waals surface area (Å²) >= 11 is 1.03. The van der Waals surface area contributed by atoms with Gasteiger partial charge in [0.25, 0.3) is 15.9 Å². The van der Waals surface area contributed by atoms with E-state index in [1.54, 1.807) is 13.8 Å². The highest BCUT2D eigenvalue weighted by atomic mass is 32.2. The third-order valence-corrected chi connectivity index (χ3v) is 7.05. The summed E-state index contributed by atoms with van der Waals surface area (Å²) in [6.07, 6.45) is -0.398. The second-order valence-electron chi connectivity index (χ2n) is 5.08. The molecule has 9 heteroatoms. The van der Waals surface area contributed by atoms with Gasteiger partial charge in [-0.2, -0.15) is 4.31 Å². The van der Waals surface area contributed by atoms with Crippen LogP contribution in [0.1, 0.15) is 16.9 Å². The number of thiophene rings is 1. The van der Waals surface area contributed by atoms with Crippen molar-refractivity contribution in [3.63, 3.8) is 0 Å². The van der Waals surface area contributed by atoms with Crippen molar-refractivity contribution < 1.29 is 27.1 Å². The van der Waals surface area contributed by atoms with Crippen LogP contribution in [0.2, 0.25) is 0 Å². The fourth-order valence-electron chi connectivity index (χ4n) is 2.21. The van der Waals surface area contributed by atoms with Crippen LogP contribution in [0.5, 0.6) is 0 Å². The van der Waals surface area contributed by atoms with E-state index in [9.17, 15) is 22.0 Å².